The predicted octanol–water partition coefficient (Wildman–Crippen LogP) is 10.8. The van der Waals surface area contributed by atoms with E-state index in [0.29, 0.717) is 0 Å². The molecule has 0 radical (unpaired) electrons. The Hall–Kier alpha value is -6.25. The molecular formula is C64H48Cl2N4Zr2-2. The summed E-state index contributed by atoms with van der Waals surface area (Å²) < 4.78 is 9.19. The Morgan fingerprint density at radius 1 is 0.236 bits per heavy atom. The van der Waals surface area contributed by atoms with Crippen molar-refractivity contribution in [3.63, 3.8) is 0 Å². The molecule has 0 aliphatic heterocycles. The van der Waals surface area contributed by atoms with Gasteiger partial charge in [-0.25, -0.2) is 0 Å². The first kappa shape index (κ1) is 50.7. The maximum atomic E-state index is 2.30. The number of rotatable bonds is 0. The molecule has 4 nitrogen and oxygen atoms in total. The molecule has 16 rings (SSSR count). The van der Waals surface area contributed by atoms with Gasteiger partial charge in [-0.15, -0.1) is 70.1 Å². The third-order valence-corrected chi connectivity index (χ3v) is 14.6. The zero-order chi connectivity index (χ0) is 45.6. The normalized spacial score (nSPS) is 11.2. The van der Waals surface area contributed by atoms with Gasteiger partial charge in [0.2, 0.25) is 0 Å². The largest absolute Gasteiger partial charge is 2.00 e. The van der Waals surface area contributed by atoms with Crippen LogP contribution in [0, 0.1) is 0 Å². The SMILES string of the molecule is Cn1c2ccccc2c2[cH-]c3ccccc3c21.Cn1c2ccccc2c2[cH-]c3ccccc3c21.Cn1c2ccccc2c2[cH-]c3ccccc3c21.Cn1c2ccccc2c2[cH-]c3ccccc3c21.[Cl-].[Cl-].[Zr+2].[Zr+2]. The molecule has 0 spiro atoms. The summed E-state index contributed by atoms with van der Waals surface area (Å²) in [5.41, 5.74) is 10.6. The van der Waals surface area contributed by atoms with Gasteiger partial charge in [0, 0.05) is 50.3 Å². The maximum Gasteiger partial charge on any atom is 2.00 e. The van der Waals surface area contributed by atoms with E-state index < -0.39 is 0 Å². The van der Waals surface area contributed by atoms with Gasteiger partial charge in [-0.1, -0.05) is 210 Å². The molecule has 4 aromatic heterocycles. The molecule has 348 valence electrons. The molecule has 72 heavy (non-hydrogen) atoms. The first-order valence-electron chi connectivity index (χ1n) is 23.5. The predicted molar refractivity (Wildman–Crippen MR) is 294 cm³/mol. The molecule has 8 heteroatoms. The van der Waals surface area contributed by atoms with E-state index in [-0.39, 0.29) is 77.2 Å². The average Bonchev–Trinajstić information content (AvgIpc) is 4.28. The Balaban J connectivity index is 0.000000116. The Kier molecular flexibility index (Phi) is 14.3. The third-order valence-electron chi connectivity index (χ3n) is 14.6. The summed E-state index contributed by atoms with van der Waals surface area (Å²) in [4.78, 5) is 0. The molecule has 12 aromatic carbocycles. The molecule has 0 saturated heterocycles. The number of fused-ring (bicyclic) bond motifs is 20. The monoisotopic (exact) mass is 1120 g/mol. The van der Waals surface area contributed by atoms with Crippen LogP contribution in [0.2, 0.25) is 0 Å². The fourth-order valence-corrected chi connectivity index (χ4v) is 11.6. The van der Waals surface area contributed by atoms with E-state index in [1.165, 1.54) is 130 Å². The zero-order valence-electron chi connectivity index (χ0n) is 40.3. The second-order valence-corrected chi connectivity index (χ2v) is 18.3. The summed E-state index contributed by atoms with van der Waals surface area (Å²) in [6.45, 7) is 0. The number of hydrogen-bond donors (Lipinski definition) is 0. The van der Waals surface area contributed by atoms with E-state index in [4.69, 9.17) is 0 Å². The number of aryl methyl sites for hydroxylation is 4. The fourth-order valence-electron chi connectivity index (χ4n) is 11.6. The van der Waals surface area contributed by atoms with Crippen molar-refractivity contribution < 1.29 is 77.2 Å². The molecular weight excluding hydrogens is 1080 g/mol. The summed E-state index contributed by atoms with van der Waals surface area (Å²) in [6, 6.07) is 78.0. The Morgan fingerprint density at radius 2 is 0.403 bits per heavy atom. The molecule has 0 bridgehead atoms. The van der Waals surface area contributed by atoms with Crippen molar-refractivity contribution in [1.29, 1.82) is 0 Å². The minimum absolute atomic E-state index is 0. The van der Waals surface area contributed by atoms with Gasteiger partial charge >= 0.3 is 52.4 Å². The minimum Gasteiger partial charge on any atom is -1.00 e. The number of para-hydroxylation sites is 4. The van der Waals surface area contributed by atoms with Crippen molar-refractivity contribution in [2.24, 2.45) is 28.2 Å². The van der Waals surface area contributed by atoms with Crippen LogP contribution < -0.4 is 24.8 Å². The number of aromatic nitrogens is 4. The van der Waals surface area contributed by atoms with Crippen molar-refractivity contribution in [1.82, 2.24) is 18.3 Å². The maximum absolute atomic E-state index is 2.30. The molecule has 0 atom stereocenters. The van der Waals surface area contributed by atoms with Crippen LogP contribution in [0.25, 0.3) is 130 Å². The third kappa shape index (κ3) is 7.94. The van der Waals surface area contributed by atoms with E-state index in [2.05, 4.69) is 265 Å². The van der Waals surface area contributed by atoms with E-state index >= 15 is 0 Å². The van der Waals surface area contributed by atoms with Crippen molar-refractivity contribution in [3.05, 3.63) is 218 Å². The Morgan fingerprint density at radius 3 is 0.611 bits per heavy atom. The minimum atomic E-state index is 0. The van der Waals surface area contributed by atoms with Gasteiger partial charge in [-0.3, -0.25) is 0 Å². The molecule has 16 aromatic rings. The van der Waals surface area contributed by atoms with E-state index in [0.717, 1.165) is 0 Å². The van der Waals surface area contributed by atoms with Crippen molar-refractivity contribution in [2.75, 3.05) is 0 Å². The number of hydrogen-bond acceptors (Lipinski definition) is 0. The molecule has 0 N–H and O–H groups in total. The topological polar surface area (TPSA) is 19.7 Å². The second-order valence-electron chi connectivity index (χ2n) is 18.3. The van der Waals surface area contributed by atoms with Crippen LogP contribution in [0.4, 0.5) is 0 Å². The van der Waals surface area contributed by atoms with Gasteiger partial charge in [-0.05, 0) is 46.3 Å². The average molecular weight is 1130 g/mol. The number of halogens is 2. The smallest absolute Gasteiger partial charge is 1.00 e. The zero-order valence-corrected chi connectivity index (χ0v) is 46.8. The van der Waals surface area contributed by atoms with Crippen molar-refractivity contribution in [2.45, 2.75) is 0 Å². The van der Waals surface area contributed by atoms with Crippen molar-refractivity contribution >= 4 is 130 Å². The van der Waals surface area contributed by atoms with Gasteiger partial charge in [0.15, 0.2) is 0 Å². The fraction of sp³-hybridized carbons (Fsp3) is 0.0625. The van der Waals surface area contributed by atoms with Crippen LogP contribution in [0.5, 0.6) is 0 Å². The first-order valence-corrected chi connectivity index (χ1v) is 23.5. The molecule has 0 unspecified atom stereocenters. The van der Waals surface area contributed by atoms with E-state index in [1.54, 1.807) is 0 Å². The summed E-state index contributed by atoms with van der Waals surface area (Å²) in [5, 5.41) is 21.6. The van der Waals surface area contributed by atoms with E-state index in [9.17, 15) is 0 Å². The molecule has 0 saturated carbocycles. The van der Waals surface area contributed by atoms with Crippen LogP contribution in [-0.2, 0) is 80.6 Å². The molecule has 0 amide bonds. The standard InChI is InChI=1S/4C16H12N.2ClH.2Zr/c4*1-17-15-9-5-4-8-13(15)14-10-11-6-2-3-7-12(11)16(14)17;;;;/h4*2-10H,1H3;2*1H;;/q4*-1;;;2*+2/p-2. The Labute approximate surface area is 468 Å². The van der Waals surface area contributed by atoms with Gasteiger partial charge in [0.05, 0.1) is 0 Å². The molecule has 0 aliphatic carbocycles. The van der Waals surface area contributed by atoms with Gasteiger partial charge < -0.3 is 43.1 Å². The van der Waals surface area contributed by atoms with Crippen LogP contribution in [0.15, 0.2) is 218 Å². The quantitative estimate of drug-likeness (QED) is 0.135. The van der Waals surface area contributed by atoms with Gasteiger partial charge in [0.25, 0.3) is 0 Å². The van der Waals surface area contributed by atoms with Gasteiger partial charge in [-0.2, -0.15) is 0 Å². The number of benzene rings is 8. The van der Waals surface area contributed by atoms with Crippen LogP contribution in [0.1, 0.15) is 0 Å². The van der Waals surface area contributed by atoms with E-state index in [1.807, 2.05) is 0 Å². The van der Waals surface area contributed by atoms with Crippen LogP contribution in [-0.4, -0.2) is 18.3 Å². The van der Waals surface area contributed by atoms with Gasteiger partial charge in [0.1, 0.15) is 0 Å². The summed E-state index contributed by atoms with van der Waals surface area (Å²) in [6.07, 6.45) is 0. The van der Waals surface area contributed by atoms with Crippen molar-refractivity contribution in [3.8, 4) is 0 Å². The second kappa shape index (κ2) is 20.3. The summed E-state index contributed by atoms with van der Waals surface area (Å²) in [7, 11) is 8.60. The summed E-state index contributed by atoms with van der Waals surface area (Å²) in [5.74, 6) is 0. The van der Waals surface area contributed by atoms with Crippen LogP contribution >= 0.6 is 0 Å². The number of nitrogens with zero attached hydrogens (tertiary/aromatic N) is 4. The first-order chi connectivity index (χ1) is 33.4. The van der Waals surface area contributed by atoms with Crippen LogP contribution in [0.3, 0.4) is 0 Å². The molecule has 4 heterocycles. The molecule has 0 fully saturated rings. The summed E-state index contributed by atoms with van der Waals surface area (Å²) >= 11 is 0. The molecule has 0 aliphatic rings. The Bertz CT molecular complexity index is 3970.